The molecule has 1 atom stereocenters. The molecule has 0 bridgehead atoms. The number of fused-ring (bicyclic) bond motifs is 3. The molecular formula is C51H52O11. The molecule has 0 amide bonds. The van der Waals surface area contributed by atoms with Crippen molar-refractivity contribution in [2.24, 2.45) is 0 Å². The summed E-state index contributed by atoms with van der Waals surface area (Å²) in [5.74, 6) is 2.45. The first kappa shape index (κ1) is 43.4. The van der Waals surface area contributed by atoms with Gasteiger partial charge in [0.25, 0.3) is 0 Å². The molecule has 0 heterocycles. The molecular weight excluding hydrogens is 789 g/mol. The molecule has 11 nitrogen and oxygen atoms in total. The third-order valence-electron chi connectivity index (χ3n) is 10.9. The topological polar surface area (TPSA) is 135 Å². The summed E-state index contributed by atoms with van der Waals surface area (Å²) in [7, 11) is 5.94. The number of benzene rings is 6. The number of phenols is 2. The number of methoxy groups -OCH3 is 4. The highest BCUT2D eigenvalue weighted by molar-refractivity contribution is 5.86. The van der Waals surface area contributed by atoms with E-state index in [0.29, 0.717) is 54.1 Å². The molecule has 0 radical (unpaired) electrons. The summed E-state index contributed by atoms with van der Waals surface area (Å²) in [5.41, 5.74) is 8.00. The Morgan fingerprint density at radius 2 is 1.06 bits per heavy atom. The first-order valence-corrected chi connectivity index (χ1v) is 20.4. The van der Waals surface area contributed by atoms with E-state index < -0.39 is 5.41 Å². The third kappa shape index (κ3) is 9.15. The number of hydrogen-bond acceptors (Lipinski definition) is 11. The van der Waals surface area contributed by atoms with Crippen molar-refractivity contribution in [3.8, 4) is 57.1 Å². The SMILES string of the molecule is COc1cc(C=CCOC(COCCOc2ccc(C3(c4ccc(OCCO)cc4)c4ccccc4-c4ccccc43)cc2)Cc2cc(OC)c(O)c(OC)c2)cc(OC)c1O. The van der Waals surface area contributed by atoms with Gasteiger partial charge in [0.1, 0.15) is 24.7 Å². The van der Waals surface area contributed by atoms with E-state index in [2.05, 4.69) is 72.8 Å². The lowest BCUT2D eigenvalue weighted by Crippen LogP contribution is -2.28. The molecule has 0 aliphatic heterocycles. The number of hydrogen-bond donors (Lipinski definition) is 3. The maximum atomic E-state index is 10.5. The normalized spacial score (nSPS) is 13.0. The Hall–Kier alpha value is -6.66. The van der Waals surface area contributed by atoms with E-state index in [0.717, 1.165) is 22.3 Å². The molecule has 1 aliphatic carbocycles. The van der Waals surface area contributed by atoms with Crippen LogP contribution in [0.4, 0.5) is 0 Å². The monoisotopic (exact) mass is 840 g/mol. The highest BCUT2D eigenvalue weighted by Gasteiger charge is 2.45. The van der Waals surface area contributed by atoms with E-state index in [9.17, 15) is 15.3 Å². The Kier molecular flexibility index (Phi) is 14.2. The lowest BCUT2D eigenvalue weighted by molar-refractivity contribution is -0.0115. The highest BCUT2D eigenvalue weighted by Crippen LogP contribution is 2.56. The molecule has 6 aromatic rings. The Bertz CT molecular complexity index is 2350. The molecule has 0 spiro atoms. The Labute approximate surface area is 362 Å². The minimum Gasteiger partial charge on any atom is -0.502 e. The van der Waals surface area contributed by atoms with Crippen LogP contribution in [0.5, 0.6) is 46.0 Å². The molecule has 7 rings (SSSR count). The van der Waals surface area contributed by atoms with Crippen molar-refractivity contribution >= 4 is 6.08 Å². The van der Waals surface area contributed by atoms with Gasteiger partial charge in [-0.3, -0.25) is 0 Å². The maximum Gasteiger partial charge on any atom is 0.200 e. The number of aliphatic hydroxyl groups excluding tert-OH is 1. The van der Waals surface area contributed by atoms with Gasteiger partial charge in [0.15, 0.2) is 23.0 Å². The van der Waals surface area contributed by atoms with Crippen molar-refractivity contribution in [2.75, 3.05) is 68.1 Å². The summed E-state index contributed by atoms with van der Waals surface area (Å²) in [6.45, 7) is 1.31. The zero-order valence-electron chi connectivity index (χ0n) is 35.3. The van der Waals surface area contributed by atoms with E-state index in [1.54, 1.807) is 24.3 Å². The third-order valence-corrected chi connectivity index (χ3v) is 10.9. The molecule has 62 heavy (non-hydrogen) atoms. The van der Waals surface area contributed by atoms with Gasteiger partial charge in [-0.15, -0.1) is 0 Å². The summed E-state index contributed by atoms with van der Waals surface area (Å²) in [5, 5.41) is 30.1. The van der Waals surface area contributed by atoms with Gasteiger partial charge in [0, 0.05) is 6.42 Å². The number of aliphatic hydroxyl groups is 1. The van der Waals surface area contributed by atoms with Gasteiger partial charge in [-0.05, 0) is 93.0 Å². The molecule has 6 aromatic carbocycles. The van der Waals surface area contributed by atoms with E-state index in [1.807, 2.05) is 36.4 Å². The Morgan fingerprint density at radius 1 is 0.581 bits per heavy atom. The molecule has 11 heteroatoms. The van der Waals surface area contributed by atoms with E-state index in [4.69, 9.17) is 37.9 Å². The average Bonchev–Trinajstić information content (AvgIpc) is 3.61. The van der Waals surface area contributed by atoms with Crippen LogP contribution in [-0.4, -0.2) is 89.5 Å². The Morgan fingerprint density at radius 3 is 1.56 bits per heavy atom. The molecule has 0 saturated heterocycles. The molecule has 0 aromatic heterocycles. The molecule has 1 unspecified atom stereocenters. The minimum absolute atomic E-state index is 0.0512. The van der Waals surface area contributed by atoms with E-state index in [1.165, 1.54) is 50.7 Å². The van der Waals surface area contributed by atoms with E-state index >= 15 is 0 Å². The Balaban J connectivity index is 1.04. The second-order valence-electron chi connectivity index (χ2n) is 14.6. The fourth-order valence-electron chi connectivity index (χ4n) is 8.10. The summed E-state index contributed by atoms with van der Waals surface area (Å²) in [6.07, 6.45) is 3.77. The summed E-state index contributed by atoms with van der Waals surface area (Å²) in [4.78, 5) is 0. The van der Waals surface area contributed by atoms with Crippen molar-refractivity contribution in [3.63, 3.8) is 0 Å². The van der Waals surface area contributed by atoms with Gasteiger partial charge in [-0.25, -0.2) is 0 Å². The summed E-state index contributed by atoms with van der Waals surface area (Å²) < 4.78 is 45.7. The second-order valence-corrected chi connectivity index (χ2v) is 14.6. The van der Waals surface area contributed by atoms with Crippen LogP contribution in [0.25, 0.3) is 17.2 Å². The zero-order chi connectivity index (χ0) is 43.5. The average molecular weight is 841 g/mol. The number of phenolic OH excluding ortho intramolecular Hbond substituents is 2. The first-order chi connectivity index (χ1) is 30.3. The molecule has 0 saturated carbocycles. The fraction of sp³-hybridized carbons (Fsp3) is 0.255. The lowest BCUT2D eigenvalue weighted by Gasteiger charge is -2.34. The van der Waals surface area contributed by atoms with Crippen LogP contribution in [0.2, 0.25) is 0 Å². The van der Waals surface area contributed by atoms with Crippen molar-refractivity contribution in [1.82, 2.24) is 0 Å². The van der Waals surface area contributed by atoms with Crippen molar-refractivity contribution < 1.29 is 53.2 Å². The standard InChI is InChI=1S/C51H52O11/c1-55-45-29-34(30-46(56-2)49(45)53)10-9-24-60-40(28-35-31-47(57-3)50(54)48(32-35)58-4)33-59-26-27-62-39-21-17-37(18-22-39)51(36-15-19-38(20-16-36)61-25-23-52)43-13-7-5-11-41(43)42-12-6-8-14-44(42)51/h5-22,29-32,40,52-54H,23-28,33H2,1-4H3. The molecule has 1 aliphatic rings. The number of aromatic hydroxyl groups is 2. The summed E-state index contributed by atoms with van der Waals surface area (Å²) >= 11 is 0. The maximum absolute atomic E-state index is 10.5. The quantitative estimate of drug-likeness (QED) is 0.0601. The predicted octanol–water partition coefficient (Wildman–Crippen LogP) is 8.60. The van der Waals surface area contributed by atoms with Crippen LogP contribution >= 0.6 is 0 Å². The van der Waals surface area contributed by atoms with Crippen LogP contribution in [0.3, 0.4) is 0 Å². The molecule has 322 valence electrons. The van der Waals surface area contributed by atoms with Crippen molar-refractivity contribution in [3.05, 3.63) is 161 Å². The summed E-state index contributed by atoms with van der Waals surface area (Å²) in [6, 6.07) is 40.5. The fourth-order valence-corrected chi connectivity index (χ4v) is 8.10. The zero-order valence-corrected chi connectivity index (χ0v) is 35.3. The predicted molar refractivity (Wildman–Crippen MR) is 238 cm³/mol. The van der Waals surface area contributed by atoms with Gasteiger partial charge in [0.2, 0.25) is 11.5 Å². The lowest BCUT2D eigenvalue weighted by atomic mass is 9.68. The molecule has 0 fully saturated rings. The van der Waals surface area contributed by atoms with Gasteiger partial charge in [-0.2, -0.15) is 0 Å². The van der Waals surface area contributed by atoms with Crippen LogP contribution in [0.1, 0.15) is 33.4 Å². The minimum atomic E-state index is -0.580. The van der Waals surface area contributed by atoms with Crippen molar-refractivity contribution in [2.45, 2.75) is 17.9 Å². The number of rotatable bonds is 21. The largest absolute Gasteiger partial charge is 0.502 e. The first-order valence-electron chi connectivity index (χ1n) is 20.4. The number of ether oxygens (including phenoxy) is 8. The van der Waals surface area contributed by atoms with Gasteiger partial charge in [-0.1, -0.05) is 84.9 Å². The van der Waals surface area contributed by atoms with Crippen LogP contribution in [0.15, 0.2) is 127 Å². The smallest absolute Gasteiger partial charge is 0.200 e. The van der Waals surface area contributed by atoms with E-state index in [-0.39, 0.29) is 44.0 Å². The second kappa shape index (κ2) is 20.3. The van der Waals surface area contributed by atoms with Gasteiger partial charge < -0.3 is 53.2 Å². The van der Waals surface area contributed by atoms with Crippen molar-refractivity contribution in [1.29, 1.82) is 0 Å². The van der Waals surface area contributed by atoms with Crippen LogP contribution in [-0.2, 0) is 21.3 Å². The molecule has 3 N–H and O–H groups in total. The highest BCUT2D eigenvalue weighted by atomic mass is 16.5. The van der Waals surface area contributed by atoms with Crippen LogP contribution in [0, 0.1) is 0 Å². The van der Waals surface area contributed by atoms with Gasteiger partial charge in [0.05, 0.1) is 66.4 Å². The van der Waals surface area contributed by atoms with Gasteiger partial charge >= 0.3 is 0 Å². The van der Waals surface area contributed by atoms with Crippen LogP contribution < -0.4 is 28.4 Å².